The zero-order chi connectivity index (χ0) is 17.7. The van der Waals surface area contributed by atoms with Crippen LogP contribution in [0.25, 0.3) is 11.1 Å². The van der Waals surface area contributed by atoms with Crippen LogP contribution in [-0.4, -0.2) is 11.9 Å². The molecule has 0 aliphatic carbocycles. The van der Waals surface area contributed by atoms with Crippen molar-refractivity contribution in [3.8, 4) is 22.6 Å². The minimum Gasteiger partial charge on any atom is -0.423 e. The molecule has 0 aromatic heterocycles. The fraction of sp³-hybridized carbons (Fsp3) is 0.143. The van der Waals surface area contributed by atoms with Gasteiger partial charge in [0.1, 0.15) is 11.5 Å². The molecule has 2 aromatic rings. The number of benzene rings is 2. The van der Waals surface area contributed by atoms with Gasteiger partial charge in [-0.15, -0.1) is 0 Å². The summed E-state index contributed by atoms with van der Waals surface area (Å²) < 4.78 is 10.3. The maximum absolute atomic E-state index is 11.5. The topological polar surface area (TPSA) is 52.6 Å². The highest BCUT2D eigenvalue weighted by molar-refractivity contribution is 5.89. The second-order valence-electron chi connectivity index (χ2n) is 5.39. The maximum Gasteiger partial charge on any atom is 0.338 e. The van der Waals surface area contributed by atoms with Gasteiger partial charge in [-0.3, -0.25) is 0 Å². The van der Waals surface area contributed by atoms with Gasteiger partial charge in [0.15, 0.2) is 0 Å². The van der Waals surface area contributed by atoms with Crippen LogP contribution in [0.3, 0.4) is 0 Å². The van der Waals surface area contributed by atoms with Gasteiger partial charge in [-0.25, -0.2) is 9.59 Å². The van der Waals surface area contributed by atoms with Gasteiger partial charge < -0.3 is 9.47 Å². The van der Waals surface area contributed by atoms with Crippen LogP contribution in [0.15, 0.2) is 72.8 Å². The average Bonchev–Trinajstić information content (AvgIpc) is 2.56. The SMILES string of the molecule is C.C=C(C)C(=O)Oc1ccc(-c2ccc(OC(=O)C(=C)C)cc2)cc1. The first kappa shape index (κ1) is 19.9. The highest BCUT2D eigenvalue weighted by atomic mass is 16.5. The predicted octanol–water partition coefficient (Wildman–Crippen LogP) is 4.95. The van der Waals surface area contributed by atoms with Gasteiger partial charge in [0.05, 0.1) is 0 Å². The zero-order valence-electron chi connectivity index (χ0n) is 13.7. The molecule has 0 amide bonds. The van der Waals surface area contributed by atoms with E-state index in [0.29, 0.717) is 22.6 Å². The highest BCUT2D eigenvalue weighted by Gasteiger charge is 2.07. The summed E-state index contributed by atoms with van der Waals surface area (Å²) >= 11 is 0. The van der Waals surface area contributed by atoms with Crippen LogP contribution >= 0.6 is 0 Å². The molecule has 2 rings (SSSR count). The molecule has 0 heterocycles. The van der Waals surface area contributed by atoms with Crippen molar-refractivity contribution in [3.63, 3.8) is 0 Å². The molecule has 0 saturated heterocycles. The van der Waals surface area contributed by atoms with Crippen molar-refractivity contribution in [2.75, 3.05) is 0 Å². The van der Waals surface area contributed by atoms with E-state index in [4.69, 9.17) is 9.47 Å². The first-order valence-corrected chi connectivity index (χ1v) is 7.32. The molecule has 2 aromatic carbocycles. The van der Waals surface area contributed by atoms with E-state index in [0.717, 1.165) is 11.1 Å². The fourth-order valence-corrected chi connectivity index (χ4v) is 1.82. The fourth-order valence-electron chi connectivity index (χ4n) is 1.82. The molecule has 0 aliphatic rings. The Morgan fingerprint density at radius 3 is 1.20 bits per heavy atom. The molecule has 0 unspecified atom stereocenters. The first-order valence-electron chi connectivity index (χ1n) is 7.32. The van der Waals surface area contributed by atoms with E-state index >= 15 is 0 Å². The Balaban J connectivity index is 0.00000312. The van der Waals surface area contributed by atoms with Crippen molar-refractivity contribution in [1.82, 2.24) is 0 Å². The van der Waals surface area contributed by atoms with E-state index in [1.165, 1.54) is 0 Å². The van der Waals surface area contributed by atoms with Crippen molar-refractivity contribution in [2.24, 2.45) is 0 Å². The van der Waals surface area contributed by atoms with Crippen molar-refractivity contribution in [2.45, 2.75) is 21.3 Å². The summed E-state index contributed by atoms with van der Waals surface area (Å²) in [4.78, 5) is 22.9. The quantitative estimate of drug-likeness (QED) is 0.439. The van der Waals surface area contributed by atoms with Crippen molar-refractivity contribution >= 4 is 11.9 Å². The first-order chi connectivity index (χ1) is 11.4. The number of hydrogen-bond donors (Lipinski definition) is 0. The van der Waals surface area contributed by atoms with Crippen LogP contribution in [0.1, 0.15) is 21.3 Å². The van der Waals surface area contributed by atoms with Crippen molar-refractivity contribution in [1.29, 1.82) is 0 Å². The van der Waals surface area contributed by atoms with Gasteiger partial charge in [-0.05, 0) is 49.2 Å². The molecule has 0 fully saturated rings. The molecule has 4 heteroatoms. The Morgan fingerprint density at radius 2 is 0.960 bits per heavy atom. The summed E-state index contributed by atoms with van der Waals surface area (Å²) in [5.41, 5.74) is 2.59. The van der Waals surface area contributed by atoms with Crippen LogP contribution < -0.4 is 9.47 Å². The second-order valence-corrected chi connectivity index (χ2v) is 5.39. The van der Waals surface area contributed by atoms with Crippen LogP contribution in [0.2, 0.25) is 0 Å². The Bertz CT molecular complexity index is 714. The zero-order valence-corrected chi connectivity index (χ0v) is 13.7. The van der Waals surface area contributed by atoms with Gasteiger partial charge in [-0.1, -0.05) is 44.8 Å². The van der Waals surface area contributed by atoms with Gasteiger partial charge in [0.2, 0.25) is 0 Å². The number of carbonyl (C=O) groups excluding carboxylic acids is 2. The Hall–Kier alpha value is -3.14. The minimum atomic E-state index is -0.452. The standard InChI is InChI=1S/C20H18O4.CH4/c1-13(2)19(21)23-17-9-5-15(6-10-17)16-7-11-18(12-8-16)24-20(22)14(3)4;/h5-12H,1,3H2,2,4H3;1H4. The molecule has 0 saturated carbocycles. The molecule has 130 valence electrons. The van der Waals surface area contributed by atoms with Crippen LogP contribution in [0.4, 0.5) is 0 Å². The largest absolute Gasteiger partial charge is 0.423 e. The maximum atomic E-state index is 11.5. The predicted molar refractivity (Wildman–Crippen MR) is 99.5 cm³/mol. The second kappa shape index (κ2) is 8.64. The van der Waals surface area contributed by atoms with Gasteiger partial charge in [0, 0.05) is 11.1 Å². The normalized spacial score (nSPS) is 9.52. The Labute approximate surface area is 148 Å². The number of ether oxygens (including phenoxy) is 2. The molecular formula is C21H22O4. The summed E-state index contributed by atoms with van der Waals surface area (Å²) in [6.45, 7) is 10.3. The molecule has 0 atom stereocenters. The van der Waals surface area contributed by atoms with Crippen LogP contribution in [-0.2, 0) is 9.59 Å². The van der Waals surface area contributed by atoms with Crippen molar-refractivity contribution in [3.05, 3.63) is 72.8 Å². The lowest BCUT2D eigenvalue weighted by Gasteiger charge is -2.07. The molecular weight excluding hydrogens is 316 g/mol. The number of rotatable bonds is 5. The minimum absolute atomic E-state index is 0. The lowest BCUT2D eigenvalue weighted by molar-refractivity contribution is -0.130. The summed E-state index contributed by atoms with van der Waals surface area (Å²) in [6, 6.07) is 14.2. The lowest BCUT2D eigenvalue weighted by atomic mass is 10.1. The van der Waals surface area contributed by atoms with E-state index in [9.17, 15) is 9.59 Å². The number of hydrogen-bond acceptors (Lipinski definition) is 4. The van der Waals surface area contributed by atoms with E-state index < -0.39 is 11.9 Å². The molecule has 0 bridgehead atoms. The van der Waals surface area contributed by atoms with E-state index in [1.54, 1.807) is 38.1 Å². The third-order valence-corrected chi connectivity index (χ3v) is 3.16. The Kier molecular flexibility index (Phi) is 6.88. The summed E-state index contributed by atoms with van der Waals surface area (Å²) in [7, 11) is 0. The van der Waals surface area contributed by atoms with Crippen LogP contribution in [0.5, 0.6) is 11.5 Å². The van der Waals surface area contributed by atoms with Gasteiger partial charge in [-0.2, -0.15) is 0 Å². The molecule has 0 spiro atoms. The summed E-state index contributed by atoms with van der Waals surface area (Å²) in [5.74, 6) is 0.00961. The van der Waals surface area contributed by atoms with Gasteiger partial charge in [0.25, 0.3) is 0 Å². The average molecular weight is 338 g/mol. The highest BCUT2D eigenvalue weighted by Crippen LogP contribution is 2.25. The molecule has 0 aliphatic heterocycles. The number of carbonyl (C=O) groups is 2. The molecule has 4 nitrogen and oxygen atoms in total. The smallest absolute Gasteiger partial charge is 0.338 e. The van der Waals surface area contributed by atoms with Gasteiger partial charge >= 0.3 is 11.9 Å². The molecule has 25 heavy (non-hydrogen) atoms. The van der Waals surface area contributed by atoms with E-state index in [1.807, 2.05) is 24.3 Å². The molecule has 0 N–H and O–H groups in total. The molecule has 0 radical (unpaired) electrons. The van der Waals surface area contributed by atoms with E-state index in [2.05, 4.69) is 13.2 Å². The van der Waals surface area contributed by atoms with Crippen molar-refractivity contribution < 1.29 is 19.1 Å². The summed E-state index contributed by atoms with van der Waals surface area (Å²) in [6.07, 6.45) is 0. The summed E-state index contributed by atoms with van der Waals surface area (Å²) in [5, 5.41) is 0. The van der Waals surface area contributed by atoms with Crippen LogP contribution in [0, 0.1) is 0 Å². The number of esters is 2. The third kappa shape index (κ3) is 5.46. The van der Waals surface area contributed by atoms with E-state index in [-0.39, 0.29) is 7.43 Å². The monoisotopic (exact) mass is 338 g/mol. The third-order valence-electron chi connectivity index (χ3n) is 3.16. The Morgan fingerprint density at radius 1 is 0.680 bits per heavy atom. The lowest BCUT2D eigenvalue weighted by Crippen LogP contribution is -2.08.